The Hall–Kier alpha value is -1.23. The van der Waals surface area contributed by atoms with Crippen LogP contribution in [0.1, 0.15) is 22.1 Å². The summed E-state index contributed by atoms with van der Waals surface area (Å²) in [5, 5.41) is 31.8. The predicted molar refractivity (Wildman–Crippen MR) is 81.4 cm³/mol. The lowest BCUT2D eigenvalue weighted by atomic mass is 9.71. The summed E-state index contributed by atoms with van der Waals surface area (Å²) in [6, 6.07) is 0. The van der Waals surface area contributed by atoms with Crippen LogP contribution in [0.25, 0.3) is 0 Å². The van der Waals surface area contributed by atoms with Crippen LogP contribution in [0.15, 0.2) is 0 Å². The van der Waals surface area contributed by atoms with E-state index >= 15 is 0 Å². The van der Waals surface area contributed by atoms with Crippen molar-refractivity contribution in [2.45, 2.75) is 50.3 Å². The van der Waals surface area contributed by atoms with Gasteiger partial charge in [0.05, 0.1) is 7.98 Å². The molecule has 9 nitrogen and oxygen atoms in total. The Kier molecular flexibility index (Phi) is 7.58. The second kappa shape index (κ2) is 8.75. The van der Waals surface area contributed by atoms with E-state index in [9.17, 15) is 29.7 Å². The molecule has 0 aliphatic heterocycles. The molecular weight excluding hydrogens is 324 g/mol. The molecular formula is C15H26O9. The average molecular weight is 351 g/mol. The van der Waals surface area contributed by atoms with Gasteiger partial charge < -0.3 is 29.5 Å². The van der Waals surface area contributed by atoms with Gasteiger partial charge in [-0.1, -0.05) is 0 Å². The van der Waals surface area contributed by atoms with Gasteiger partial charge in [-0.2, -0.15) is 0 Å². The SMILES string of the molecule is [2H]C(O)(C(C)=O)[C@H](OC)[C@@H](OC)[C@@](O)(C(C)=O)[C@](O)(COC)C(C)=O. The lowest BCUT2D eigenvalue weighted by Gasteiger charge is -2.46. The third-order valence-corrected chi connectivity index (χ3v) is 3.93. The fraction of sp³-hybridized carbons (Fsp3) is 0.800. The van der Waals surface area contributed by atoms with Gasteiger partial charge >= 0.3 is 0 Å². The molecule has 0 heterocycles. The fourth-order valence-electron chi connectivity index (χ4n) is 2.51. The molecule has 0 aromatic carbocycles. The van der Waals surface area contributed by atoms with Gasteiger partial charge in [-0.15, -0.1) is 0 Å². The summed E-state index contributed by atoms with van der Waals surface area (Å²) in [6.45, 7) is 1.90. The van der Waals surface area contributed by atoms with E-state index < -0.39 is 53.4 Å². The topological polar surface area (TPSA) is 140 Å². The maximum Gasteiger partial charge on any atom is 0.189 e. The zero-order valence-electron chi connectivity index (χ0n) is 15.7. The van der Waals surface area contributed by atoms with Crippen LogP contribution < -0.4 is 0 Å². The van der Waals surface area contributed by atoms with Crippen LogP contribution in [-0.4, -0.2) is 90.1 Å². The molecule has 0 saturated carbocycles. The molecule has 0 fully saturated rings. The molecule has 0 aliphatic rings. The Morgan fingerprint density at radius 3 is 1.79 bits per heavy atom. The number of carbonyl (C=O) groups is 3. The largest absolute Gasteiger partial charge is 0.382 e. The van der Waals surface area contributed by atoms with Crippen molar-refractivity contribution < 1.29 is 45.3 Å². The number of Topliss-reactive ketones (excluding diaryl/α,β-unsaturated/α-hetero) is 3. The molecule has 0 spiro atoms. The highest BCUT2D eigenvalue weighted by Crippen LogP contribution is 2.34. The van der Waals surface area contributed by atoms with Crippen LogP contribution in [0, 0.1) is 0 Å². The maximum absolute atomic E-state index is 12.2. The molecule has 0 aromatic rings. The normalized spacial score (nSPS) is 22.3. The Morgan fingerprint density at radius 2 is 1.54 bits per heavy atom. The summed E-state index contributed by atoms with van der Waals surface area (Å²) < 4.78 is 22.5. The summed E-state index contributed by atoms with van der Waals surface area (Å²) in [7, 11) is 3.12. The number of ketones is 3. The molecule has 0 bridgehead atoms. The number of methoxy groups -OCH3 is 3. The van der Waals surface area contributed by atoms with Crippen LogP contribution >= 0.6 is 0 Å². The lowest BCUT2D eigenvalue weighted by molar-refractivity contribution is -0.239. The average Bonchev–Trinajstić information content (AvgIpc) is 2.50. The summed E-state index contributed by atoms with van der Waals surface area (Å²) in [5.41, 5.74) is -5.76. The van der Waals surface area contributed by atoms with Crippen molar-refractivity contribution in [3.05, 3.63) is 0 Å². The third kappa shape index (κ3) is 3.88. The van der Waals surface area contributed by atoms with E-state index in [1.165, 1.54) is 0 Å². The molecule has 1 unspecified atom stereocenters. The van der Waals surface area contributed by atoms with Crippen LogP contribution in [0.2, 0.25) is 0 Å². The molecule has 3 N–H and O–H groups in total. The van der Waals surface area contributed by atoms with Gasteiger partial charge in [0.2, 0.25) is 0 Å². The van der Waals surface area contributed by atoms with Crippen molar-refractivity contribution in [3.63, 3.8) is 0 Å². The summed E-state index contributed by atoms with van der Waals surface area (Å²) >= 11 is 0. The standard InChI is InChI=1S/C15H26O9/c1-8(16)11(19)12(23-5)13(24-6)15(21,10(3)18)14(20,7-22-4)9(2)17/h11-13,19-21H,7H2,1-6H3/t11?,12-,13+,14-,15-/m0/s1/i11D. The first-order chi connectivity index (χ1) is 11.3. The van der Waals surface area contributed by atoms with Gasteiger partial charge in [0, 0.05) is 21.3 Å². The van der Waals surface area contributed by atoms with Crippen molar-refractivity contribution >= 4 is 17.3 Å². The quantitative estimate of drug-likeness (QED) is 0.395. The predicted octanol–water partition coefficient (Wildman–Crippen LogP) is -1.75. The molecule has 0 aliphatic carbocycles. The molecule has 0 radical (unpaired) electrons. The van der Waals surface area contributed by atoms with Gasteiger partial charge in [0.25, 0.3) is 0 Å². The van der Waals surface area contributed by atoms with E-state index in [2.05, 4.69) is 0 Å². The Bertz CT molecular complexity index is 521. The second-order valence-corrected chi connectivity index (χ2v) is 5.43. The zero-order chi connectivity index (χ0) is 20.2. The molecule has 0 rings (SSSR count). The van der Waals surface area contributed by atoms with Crippen molar-refractivity contribution in [2.24, 2.45) is 0 Å². The van der Waals surface area contributed by atoms with Crippen molar-refractivity contribution in [3.8, 4) is 0 Å². The molecule has 24 heavy (non-hydrogen) atoms. The van der Waals surface area contributed by atoms with Gasteiger partial charge in [-0.25, -0.2) is 0 Å². The maximum atomic E-state index is 12.2. The molecule has 0 amide bonds. The van der Waals surface area contributed by atoms with Gasteiger partial charge in [0.15, 0.2) is 28.6 Å². The van der Waals surface area contributed by atoms with Crippen LogP contribution in [0.3, 0.4) is 0 Å². The van der Waals surface area contributed by atoms with E-state index in [1.54, 1.807) is 0 Å². The first-order valence-electron chi connectivity index (χ1n) is 7.53. The second-order valence-electron chi connectivity index (χ2n) is 5.43. The van der Waals surface area contributed by atoms with E-state index in [-0.39, 0.29) is 0 Å². The molecule has 0 aromatic heterocycles. The summed E-state index contributed by atoms with van der Waals surface area (Å²) in [4.78, 5) is 35.8. The number of hydrogen-bond donors (Lipinski definition) is 3. The van der Waals surface area contributed by atoms with E-state index in [0.717, 1.165) is 42.1 Å². The molecule has 140 valence electrons. The van der Waals surface area contributed by atoms with Crippen LogP contribution in [0.5, 0.6) is 0 Å². The highest BCUT2D eigenvalue weighted by molar-refractivity contribution is 5.98. The van der Waals surface area contributed by atoms with Gasteiger partial charge in [-0.3, -0.25) is 14.4 Å². The monoisotopic (exact) mass is 351 g/mol. The first-order valence-corrected chi connectivity index (χ1v) is 7.03. The zero-order valence-corrected chi connectivity index (χ0v) is 14.7. The van der Waals surface area contributed by atoms with E-state index in [1.807, 2.05) is 0 Å². The highest BCUT2D eigenvalue weighted by Gasteiger charge is 2.64. The smallest absolute Gasteiger partial charge is 0.189 e. The number of rotatable bonds is 11. The molecule has 5 atom stereocenters. The van der Waals surface area contributed by atoms with E-state index in [4.69, 9.17) is 15.6 Å². The van der Waals surface area contributed by atoms with Gasteiger partial charge in [-0.05, 0) is 20.8 Å². The first kappa shape index (κ1) is 20.8. The minimum atomic E-state index is -2.98. The van der Waals surface area contributed by atoms with Crippen molar-refractivity contribution in [1.29, 1.82) is 0 Å². The van der Waals surface area contributed by atoms with Crippen molar-refractivity contribution in [1.82, 2.24) is 0 Å². The van der Waals surface area contributed by atoms with Crippen LogP contribution in [0.4, 0.5) is 0 Å². The third-order valence-electron chi connectivity index (χ3n) is 3.93. The highest BCUT2D eigenvalue weighted by atomic mass is 16.6. The van der Waals surface area contributed by atoms with Crippen LogP contribution in [-0.2, 0) is 28.6 Å². The van der Waals surface area contributed by atoms with Gasteiger partial charge in [0.1, 0.15) is 18.3 Å². The van der Waals surface area contributed by atoms with Crippen molar-refractivity contribution in [2.75, 3.05) is 27.9 Å². The van der Waals surface area contributed by atoms with E-state index in [0.29, 0.717) is 0 Å². The number of carbonyl (C=O) groups excluding carboxylic acids is 3. The number of aliphatic hydroxyl groups is 3. The molecule has 9 heteroatoms. The fourth-order valence-corrected chi connectivity index (χ4v) is 2.51. The molecule has 0 saturated heterocycles. The number of ether oxygens (including phenoxy) is 3. The summed E-state index contributed by atoms with van der Waals surface area (Å²) in [6.07, 6.45) is -6.79. The minimum Gasteiger partial charge on any atom is -0.382 e. The lowest BCUT2D eigenvalue weighted by Crippen LogP contribution is -2.73. The summed E-state index contributed by atoms with van der Waals surface area (Å²) in [5.74, 6) is -3.21. The Morgan fingerprint density at radius 1 is 1.04 bits per heavy atom. The minimum absolute atomic E-state index is 0.787. The Labute approximate surface area is 141 Å². The number of hydrogen-bond acceptors (Lipinski definition) is 9. The Balaban J connectivity index is 6.58.